The van der Waals surface area contributed by atoms with Crippen molar-refractivity contribution >= 4 is 22.0 Å². The third kappa shape index (κ3) is 2.99. The van der Waals surface area contributed by atoms with E-state index in [9.17, 15) is 10.1 Å². The van der Waals surface area contributed by atoms with Crippen molar-refractivity contribution in [2.45, 2.75) is 6.92 Å². The van der Waals surface area contributed by atoms with Gasteiger partial charge in [0.2, 0.25) is 6.20 Å². The maximum atomic E-state index is 10.0. The van der Waals surface area contributed by atoms with E-state index in [1.165, 1.54) is 6.08 Å². The topological polar surface area (TPSA) is 43.1 Å². The smallest absolute Gasteiger partial charge is 0.235 e. The van der Waals surface area contributed by atoms with Crippen LogP contribution in [0.25, 0.3) is 6.08 Å². The van der Waals surface area contributed by atoms with Crippen molar-refractivity contribution in [2.24, 2.45) is 0 Å². The number of benzene rings is 1. The molecule has 68 valence electrons. The minimum absolute atomic E-state index is 0.478. The van der Waals surface area contributed by atoms with Crippen LogP contribution in [0.5, 0.6) is 0 Å². The van der Waals surface area contributed by atoms with Crippen molar-refractivity contribution in [1.29, 1.82) is 0 Å². The van der Waals surface area contributed by atoms with Crippen LogP contribution in [0.3, 0.4) is 0 Å². The van der Waals surface area contributed by atoms with Crippen LogP contribution in [-0.2, 0) is 0 Å². The van der Waals surface area contributed by atoms with Gasteiger partial charge >= 0.3 is 0 Å². The molecule has 1 rings (SSSR count). The lowest BCUT2D eigenvalue weighted by Crippen LogP contribution is -1.83. The van der Waals surface area contributed by atoms with Crippen LogP contribution >= 0.6 is 15.9 Å². The van der Waals surface area contributed by atoms with Gasteiger partial charge in [-0.3, -0.25) is 10.1 Å². The van der Waals surface area contributed by atoms with Gasteiger partial charge < -0.3 is 0 Å². The highest BCUT2D eigenvalue weighted by molar-refractivity contribution is 9.10. The molecular weight excluding hydrogens is 234 g/mol. The van der Waals surface area contributed by atoms with E-state index in [4.69, 9.17) is 0 Å². The first kappa shape index (κ1) is 9.92. The number of nitro groups is 1. The fourth-order valence-electron chi connectivity index (χ4n) is 0.860. The molecule has 0 amide bonds. The lowest BCUT2D eigenvalue weighted by molar-refractivity contribution is -0.400. The number of hydrogen-bond donors (Lipinski definition) is 0. The van der Waals surface area contributed by atoms with Crippen LogP contribution < -0.4 is 0 Å². The molecule has 3 nitrogen and oxygen atoms in total. The molecule has 13 heavy (non-hydrogen) atoms. The van der Waals surface area contributed by atoms with E-state index in [1.807, 2.05) is 25.1 Å². The van der Waals surface area contributed by atoms with E-state index in [0.29, 0.717) is 0 Å². The molecule has 0 spiro atoms. The van der Waals surface area contributed by atoms with Crippen molar-refractivity contribution in [3.05, 3.63) is 50.1 Å². The van der Waals surface area contributed by atoms with Gasteiger partial charge in [0.05, 0.1) is 4.92 Å². The molecule has 0 bridgehead atoms. The van der Waals surface area contributed by atoms with Crippen LogP contribution in [-0.4, -0.2) is 4.92 Å². The molecule has 0 fully saturated rings. The number of aryl methyl sites for hydroxylation is 1. The Kier molecular flexibility index (Phi) is 3.19. The van der Waals surface area contributed by atoms with Crippen molar-refractivity contribution in [3.8, 4) is 0 Å². The fourth-order valence-corrected chi connectivity index (χ4v) is 1.26. The molecular formula is C9H8BrNO2. The summed E-state index contributed by atoms with van der Waals surface area (Å²) in [6.45, 7) is 1.96. The van der Waals surface area contributed by atoms with Gasteiger partial charge in [0.1, 0.15) is 0 Å². The van der Waals surface area contributed by atoms with E-state index < -0.39 is 4.92 Å². The highest BCUT2D eigenvalue weighted by atomic mass is 79.9. The third-order valence-electron chi connectivity index (χ3n) is 1.58. The average Bonchev–Trinajstić information content (AvgIpc) is 2.07. The summed E-state index contributed by atoms with van der Waals surface area (Å²) in [6, 6.07) is 5.58. The van der Waals surface area contributed by atoms with Crippen molar-refractivity contribution in [1.82, 2.24) is 0 Å². The standard InChI is InChI=1S/C9H8BrNO2/c1-7-2-3-8(6-9(7)10)4-5-11(12)13/h2-6H,1H3. The molecule has 0 aliphatic heterocycles. The maximum absolute atomic E-state index is 10.0. The van der Waals surface area contributed by atoms with E-state index >= 15 is 0 Å². The highest BCUT2D eigenvalue weighted by Gasteiger charge is 1.95. The monoisotopic (exact) mass is 241 g/mol. The Bertz CT molecular complexity index is 361. The third-order valence-corrected chi connectivity index (χ3v) is 2.44. The lowest BCUT2D eigenvalue weighted by atomic mass is 10.1. The lowest BCUT2D eigenvalue weighted by Gasteiger charge is -1.97. The van der Waals surface area contributed by atoms with Gasteiger partial charge in [-0.25, -0.2) is 0 Å². The molecule has 0 unspecified atom stereocenters. The summed E-state index contributed by atoms with van der Waals surface area (Å²) in [5.74, 6) is 0. The molecule has 0 saturated heterocycles. The van der Waals surface area contributed by atoms with E-state index in [1.54, 1.807) is 0 Å². The molecule has 0 N–H and O–H groups in total. The Morgan fingerprint density at radius 1 is 1.54 bits per heavy atom. The minimum atomic E-state index is -0.478. The van der Waals surface area contributed by atoms with Gasteiger partial charge in [-0.2, -0.15) is 0 Å². The average molecular weight is 242 g/mol. The Morgan fingerprint density at radius 3 is 2.77 bits per heavy atom. The summed E-state index contributed by atoms with van der Waals surface area (Å²) >= 11 is 3.35. The minimum Gasteiger partial charge on any atom is -0.259 e. The van der Waals surface area contributed by atoms with Gasteiger partial charge in [-0.15, -0.1) is 0 Å². The van der Waals surface area contributed by atoms with E-state index in [2.05, 4.69) is 15.9 Å². The first-order valence-electron chi connectivity index (χ1n) is 3.67. The zero-order chi connectivity index (χ0) is 9.84. The summed E-state index contributed by atoms with van der Waals surface area (Å²) in [5.41, 5.74) is 1.92. The largest absolute Gasteiger partial charge is 0.259 e. The summed E-state index contributed by atoms with van der Waals surface area (Å²) in [6.07, 6.45) is 2.39. The summed E-state index contributed by atoms with van der Waals surface area (Å²) in [5, 5.41) is 10.0. The first-order valence-corrected chi connectivity index (χ1v) is 4.47. The zero-order valence-corrected chi connectivity index (χ0v) is 8.61. The fraction of sp³-hybridized carbons (Fsp3) is 0.111. The summed E-state index contributed by atoms with van der Waals surface area (Å²) < 4.78 is 0.956. The Balaban J connectivity index is 2.92. The van der Waals surface area contributed by atoms with Crippen LogP contribution in [0.15, 0.2) is 28.9 Å². The van der Waals surface area contributed by atoms with Gasteiger partial charge in [0.15, 0.2) is 0 Å². The molecule has 4 heteroatoms. The van der Waals surface area contributed by atoms with Crippen LogP contribution in [0, 0.1) is 17.0 Å². The molecule has 0 aliphatic carbocycles. The second kappa shape index (κ2) is 4.18. The predicted molar refractivity (Wildman–Crippen MR) is 54.9 cm³/mol. The molecule has 0 saturated carbocycles. The van der Waals surface area contributed by atoms with Crippen molar-refractivity contribution in [2.75, 3.05) is 0 Å². The van der Waals surface area contributed by atoms with Crippen LogP contribution in [0.2, 0.25) is 0 Å². The van der Waals surface area contributed by atoms with Gasteiger partial charge in [-0.05, 0) is 24.1 Å². The number of hydrogen-bond acceptors (Lipinski definition) is 2. The van der Waals surface area contributed by atoms with Crippen LogP contribution in [0.4, 0.5) is 0 Å². The molecule has 0 aliphatic rings. The van der Waals surface area contributed by atoms with Crippen molar-refractivity contribution < 1.29 is 4.92 Å². The second-order valence-corrected chi connectivity index (χ2v) is 3.46. The molecule has 0 radical (unpaired) electrons. The summed E-state index contributed by atoms with van der Waals surface area (Å²) in [4.78, 5) is 9.55. The molecule has 0 aromatic heterocycles. The normalized spacial score (nSPS) is 10.6. The van der Waals surface area contributed by atoms with E-state index in [-0.39, 0.29) is 0 Å². The van der Waals surface area contributed by atoms with E-state index in [0.717, 1.165) is 21.8 Å². The Labute approximate surface area is 84.4 Å². The quantitative estimate of drug-likeness (QED) is 0.590. The SMILES string of the molecule is Cc1ccc(C=C[N+](=O)[O-])cc1Br. The zero-order valence-electron chi connectivity index (χ0n) is 7.03. The maximum Gasteiger partial charge on any atom is 0.235 e. The van der Waals surface area contributed by atoms with Gasteiger partial charge in [0.25, 0.3) is 0 Å². The number of rotatable bonds is 2. The van der Waals surface area contributed by atoms with Gasteiger partial charge in [0, 0.05) is 10.5 Å². The second-order valence-electron chi connectivity index (χ2n) is 2.61. The molecule has 0 atom stereocenters. The Morgan fingerprint density at radius 2 is 2.23 bits per heavy atom. The first-order chi connectivity index (χ1) is 6.09. The Hall–Kier alpha value is -1.16. The van der Waals surface area contributed by atoms with Gasteiger partial charge in [-0.1, -0.05) is 28.1 Å². The van der Waals surface area contributed by atoms with Crippen molar-refractivity contribution in [3.63, 3.8) is 0 Å². The molecule has 0 heterocycles. The summed E-state index contributed by atoms with van der Waals surface area (Å²) in [7, 11) is 0. The number of halogens is 1. The van der Waals surface area contributed by atoms with Crippen LogP contribution in [0.1, 0.15) is 11.1 Å². The molecule has 1 aromatic rings. The highest BCUT2D eigenvalue weighted by Crippen LogP contribution is 2.18. The predicted octanol–water partition coefficient (Wildman–Crippen LogP) is 3.00. The molecule has 1 aromatic carbocycles. The number of nitrogens with zero attached hydrogens (tertiary/aromatic N) is 1.